The summed E-state index contributed by atoms with van der Waals surface area (Å²) in [6.45, 7) is 2.23. The molecule has 0 fully saturated rings. The number of anilines is 1. The van der Waals surface area contributed by atoms with Crippen molar-refractivity contribution >= 4 is 23.3 Å². The summed E-state index contributed by atoms with van der Waals surface area (Å²) in [4.78, 5) is 37.1. The first-order valence-electron chi connectivity index (χ1n) is 9.57. The van der Waals surface area contributed by atoms with Gasteiger partial charge in [-0.05, 0) is 55.0 Å². The maximum Gasteiger partial charge on any atom is 0.338 e. The highest BCUT2D eigenvalue weighted by Gasteiger charge is 2.18. The highest BCUT2D eigenvalue weighted by Crippen LogP contribution is 2.30. The summed E-state index contributed by atoms with van der Waals surface area (Å²) in [6.07, 6.45) is 1.40. The number of fused-ring (bicyclic) bond motifs is 1. The monoisotopic (exact) mass is 421 g/mol. The standard InChI is InChI=1S/C23H19NO7/c1-14-4-5-16(11-17(14)24-22(26)20-3-2-8-28-20)23(27)31-13-18(25)15-6-7-19-21(12-15)30-10-9-29-19/h2-8,11-12H,9-10,13H2,1H3,(H,24,26). The van der Waals surface area contributed by atoms with Gasteiger partial charge in [0.15, 0.2) is 29.6 Å². The smallest absolute Gasteiger partial charge is 0.338 e. The molecule has 0 saturated heterocycles. The second-order valence-electron chi connectivity index (χ2n) is 6.82. The third kappa shape index (κ3) is 4.58. The molecule has 0 radical (unpaired) electrons. The number of ether oxygens (including phenoxy) is 3. The van der Waals surface area contributed by atoms with Gasteiger partial charge in [-0.2, -0.15) is 0 Å². The van der Waals surface area contributed by atoms with E-state index in [9.17, 15) is 14.4 Å². The number of carbonyl (C=O) groups excluding carboxylic acids is 3. The van der Waals surface area contributed by atoms with Crippen LogP contribution in [0.3, 0.4) is 0 Å². The van der Waals surface area contributed by atoms with Crippen LogP contribution in [0.4, 0.5) is 5.69 Å². The Kier molecular flexibility index (Phi) is 5.70. The number of furan rings is 1. The molecule has 0 spiro atoms. The summed E-state index contributed by atoms with van der Waals surface area (Å²) in [6, 6.07) is 12.7. The fourth-order valence-corrected chi connectivity index (χ4v) is 2.99. The fourth-order valence-electron chi connectivity index (χ4n) is 2.99. The molecule has 2 aromatic carbocycles. The van der Waals surface area contributed by atoms with E-state index in [0.29, 0.717) is 36.0 Å². The minimum atomic E-state index is -0.681. The van der Waals surface area contributed by atoms with Crippen LogP contribution in [-0.4, -0.2) is 37.5 Å². The molecule has 0 aliphatic carbocycles. The zero-order chi connectivity index (χ0) is 21.8. The van der Waals surface area contributed by atoms with Crippen molar-refractivity contribution in [1.82, 2.24) is 0 Å². The number of carbonyl (C=O) groups is 3. The van der Waals surface area contributed by atoms with Gasteiger partial charge in [-0.15, -0.1) is 0 Å². The maximum absolute atomic E-state index is 12.4. The van der Waals surface area contributed by atoms with Gasteiger partial charge < -0.3 is 23.9 Å². The molecule has 3 aromatic rings. The van der Waals surface area contributed by atoms with Gasteiger partial charge in [0.1, 0.15) is 13.2 Å². The van der Waals surface area contributed by atoms with Crippen molar-refractivity contribution in [3.8, 4) is 11.5 Å². The average Bonchev–Trinajstić information content (AvgIpc) is 3.33. The Hall–Kier alpha value is -4.07. The van der Waals surface area contributed by atoms with E-state index in [1.54, 1.807) is 43.3 Å². The van der Waals surface area contributed by atoms with Crippen molar-refractivity contribution < 1.29 is 33.0 Å². The number of aryl methyl sites for hydroxylation is 1. The van der Waals surface area contributed by atoms with Gasteiger partial charge in [-0.1, -0.05) is 6.07 Å². The van der Waals surface area contributed by atoms with Crippen LogP contribution >= 0.6 is 0 Å². The number of nitrogens with one attached hydrogen (secondary N) is 1. The van der Waals surface area contributed by atoms with Crippen molar-refractivity contribution in [2.75, 3.05) is 25.1 Å². The number of benzene rings is 2. The van der Waals surface area contributed by atoms with E-state index in [2.05, 4.69) is 5.32 Å². The Morgan fingerprint density at radius 2 is 1.74 bits per heavy atom. The first-order valence-corrected chi connectivity index (χ1v) is 9.57. The molecule has 1 aliphatic heterocycles. The zero-order valence-electron chi connectivity index (χ0n) is 16.7. The molecule has 0 bridgehead atoms. The highest BCUT2D eigenvalue weighted by molar-refractivity contribution is 6.04. The molecule has 4 rings (SSSR count). The second-order valence-corrected chi connectivity index (χ2v) is 6.82. The number of Topliss-reactive ketones (excluding diaryl/α,β-unsaturated/α-hetero) is 1. The lowest BCUT2D eigenvalue weighted by atomic mass is 10.1. The summed E-state index contributed by atoms with van der Waals surface area (Å²) in [5.74, 6) is -0.282. The molecule has 1 aliphatic rings. The largest absolute Gasteiger partial charge is 0.486 e. The van der Waals surface area contributed by atoms with Gasteiger partial charge in [-0.3, -0.25) is 9.59 Å². The first kappa shape index (κ1) is 20.2. The van der Waals surface area contributed by atoms with E-state index < -0.39 is 18.5 Å². The number of amides is 1. The minimum absolute atomic E-state index is 0.150. The molecule has 8 heteroatoms. The molecule has 0 atom stereocenters. The lowest BCUT2D eigenvalue weighted by molar-refractivity contribution is 0.0474. The molecule has 0 unspecified atom stereocenters. The van der Waals surface area contributed by atoms with Crippen LogP contribution in [0.1, 0.15) is 36.8 Å². The number of rotatable bonds is 6. The highest BCUT2D eigenvalue weighted by atomic mass is 16.6. The Labute approximate surface area is 177 Å². The van der Waals surface area contributed by atoms with Gasteiger partial charge in [0, 0.05) is 11.3 Å². The first-order chi connectivity index (χ1) is 15.0. The fraction of sp³-hybridized carbons (Fsp3) is 0.174. The number of hydrogen-bond donors (Lipinski definition) is 1. The number of hydrogen-bond acceptors (Lipinski definition) is 7. The van der Waals surface area contributed by atoms with Gasteiger partial charge >= 0.3 is 5.97 Å². The van der Waals surface area contributed by atoms with Gasteiger partial charge in [0.25, 0.3) is 5.91 Å². The lowest BCUT2D eigenvalue weighted by Crippen LogP contribution is -2.17. The third-order valence-corrected chi connectivity index (χ3v) is 4.66. The van der Waals surface area contributed by atoms with Crippen molar-refractivity contribution in [3.63, 3.8) is 0 Å². The Morgan fingerprint density at radius 1 is 0.968 bits per heavy atom. The average molecular weight is 421 g/mol. The summed E-state index contributed by atoms with van der Waals surface area (Å²) in [5, 5.41) is 2.69. The van der Waals surface area contributed by atoms with Crippen LogP contribution in [0.2, 0.25) is 0 Å². The van der Waals surface area contributed by atoms with E-state index in [4.69, 9.17) is 18.6 Å². The second kappa shape index (κ2) is 8.74. The van der Waals surface area contributed by atoms with E-state index in [-0.39, 0.29) is 17.1 Å². The quantitative estimate of drug-likeness (QED) is 0.478. The zero-order valence-corrected chi connectivity index (χ0v) is 16.7. The van der Waals surface area contributed by atoms with E-state index >= 15 is 0 Å². The molecule has 1 N–H and O–H groups in total. The summed E-state index contributed by atoms with van der Waals surface area (Å²) in [5.41, 5.74) is 1.75. The Morgan fingerprint density at radius 3 is 2.52 bits per heavy atom. The molecular formula is C23H19NO7. The van der Waals surface area contributed by atoms with Crippen LogP contribution in [0.25, 0.3) is 0 Å². The number of esters is 1. The third-order valence-electron chi connectivity index (χ3n) is 4.66. The van der Waals surface area contributed by atoms with Gasteiger partial charge in [0.05, 0.1) is 11.8 Å². The van der Waals surface area contributed by atoms with Crippen molar-refractivity contribution in [2.24, 2.45) is 0 Å². The predicted molar refractivity (Wildman–Crippen MR) is 110 cm³/mol. The predicted octanol–water partition coefficient (Wildman–Crippen LogP) is 3.65. The molecule has 1 aromatic heterocycles. The lowest BCUT2D eigenvalue weighted by Gasteiger charge is -2.18. The van der Waals surface area contributed by atoms with Crippen molar-refractivity contribution in [2.45, 2.75) is 6.92 Å². The van der Waals surface area contributed by atoms with Crippen LogP contribution in [0.15, 0.2) is 59.2 Å². The van der Waals surface area contributed by atoms with Crippen LogP contribution < -0.4 is 14.8 Å². The van der Waals surface area contributed by atoms with E-state index in [1.165, 1.54) is 18.4 Å². The van der Waals surface area contributed by atoms with Gasteiger partial charge in [-0.25, -0.2) is 4.79 Å². The van der Waals surface area contributed by atoms with Crippen molar-refractivity contribution in [1.29, 1.82) is 0 Å². The molecule has 31 heavy (non-hydrogen) atoms. The minimum Gasteiger partial charge on any atom is -0.486 e. The van der Waals surface area contributed by atoms with Crippen LogP contribution in [0, 0.1) is 6.92 Å². The topological polar surface area (TPSA) is 104 Å². The van der Waals surface area contributed by atoms with E-state index in [0.717, 1.165) is 5.56 Å². The van der Waals surface area contributed by atoms with Crippen LogP contribution in [-0.2, 0) is 4.74 Å². The molecule has 2 heterocycles. The van der Waals surface area contributed by atoms with Crippen molar-refractivity contribution in [3.05, 3.63) is 77.2 Å². The summed E-state index contributed by atoms with van der Waals surface area (Å²) in [7, 11) is 0. The maximum atomic E-state index is 12.4. The molecule has 158 valence electrons. The van der Waals surface area contributed by atoms with Gasteiger partial charge in [0.2, 0.25) is 0 Å². The summed E-state index contributed by atoms with van der Waals surface area (Å²) >= 11 is 0. The molecule has 8 nitrogen and oxygen atoms in total. The normalized spacial score (nSPS) is 12.2. The molecule has 0 saturated carbocycles. The Balaban J connectivity index is 1.40. The number of ketones is 1. The Bertz CT molecular complexity index is 1130. The molecular weight excluding hydrogens is 402 g/mol. The SMILES string of the molecule is Cc1ccc(C(=O)OCC(=O)c2ccc3c(c2)OCCO3)cc1NC(=O)c1ccco1. The van der Waals surface area contributed by atoms with E-state index in [1.807, 2.05) is 0 Å². The van der Waals surface area contributed by atoms with Crippen LogP contribution in [0.5, 0.6) is 11.5 Å². The summed E-state index contributed by atoms with van der Waals surface area (Å²) < 4.78 is 21.1. The molecule has 1 amide bonds.